The standard InChI is InChI=1S/C12H16N4O3/c1-3-8-10(17)14-12(19)16(11(8)18)6-4-9-13-5-7-15(9)2/h5,7,18H,3-4,6H2,1-2H3,(H,14,17,19). The Labute approximate surface area is 109 Å². The number of aryl methyl sites for hydroxylation is 2. The highest BCUT2D eigenvalue weighted by Gasteiger charge is 2.12. The largest absolute Gasteiger partial charge is 0.494 e. The fourth-order valence-electron chi connectivity index (χ4n) is 1.98. The van der Waals surface area contributed by atoms with Gasteiger partial charge in [-0.3, -0.25) is 14.3 Å². The van der Waals surface area contributed by atoms with Crippen molar-refractivity contribution in [3.8, 4) is 5.88 Å². The molecule has 2 aromatic heterocycles. The van der Waals surface area contributed by atoms with Gasteiger partial charge in [-0.25, -0.2) is 9.78 Å². The fourth-order valence-corrected chi connectivity index (χ4v) is 1.98. The Morgan fingerprint density at radius 2 is 2.16 bits per heavy atom. The summed E-state index contributed by atoms with van der Waals surface area (Å²) in [4.78, 5) is 29.5. The molecule has 2 rings (SSSR count). The first-order chi connectivity index (χ1) is 9.04. The molecule has 102 valence electrons. The van der Waals surface area contributed by atoms with Crippen LogP contribution in [0.4, 0.5) is 0 Å². The van der Waals surface area contributed by atoms with E-state index in [2.05, 4.69) is 9.97 Å². The zero-order valence-electron chi connectivity index (χ0n) is 10.9. The number of aromatic nitrogens is 4. The lowest BCUT2D eigenvalue weighted by atomic mass is 10.2. The number of H-pyrrole nitrogens is 1. The smallest absolute Gasteiger partial charge is 0.331 e. The third-order valence-corrected chi connectivity index (χ3v) is 3.10. The van der Waals surface area contributed by atoms with E-state index in [0.29, 0.717) is 12.8 Å². The molecule has 2 heterocycles. The van der Waals surface area contributed by atoms with Crippen molar-refractivity contribution in [1.29, 1.82) is 0 Å². The molecule has 0 saturated carbocycles. The van der Waals surface area contributed by atoms with Crippen LogP contribution in [0.15, 0.2) is 22.0 Å². The fraction of sp³-hybridized carbons (Fsp3) is 0.417. The first-order valence-corrected chi connectivity index (χ1v) is 6.05. The van der Waals surface area contributed by atoms with Crippen molar-refractivity contribution < 1.29 is 5.11 Å². The van der Waals surface area contributed by atoms with E-state index in [-0.39, 0.29) is 18.0 Å². The third-order valence-electron chi connectivity index (χ3n) is 3.10. The van der Waals surface area contributed by atoms with E-state index in [1.54, 1.807) is 13.1 Å². The average molecular weight is 264 g/mol. The highest BCUT2D eigenvalue weighted by Crippen LogP contribution is 2.11. The molecule has 0 aliphatic heterocycles. The Balaban J connectivity index is 2.33. The quantitative estimate of drug-likeness (QED) is 0.798. The molecule has 2 N–H and O–H groups in total. The minimum Gasteiger partial charge on any atom is -0.494 e. The Bertz CT molecular complexity index is 696. The van der Waals surface area contributed by atoms with Gasteiger partial charge in [0.05, 0.1) is 5.56 Å². The summed E-state index contributed by atoms with van der Waals surface area (Å²) in [5.41, 5.74) is -0.911. The van der Waals surface area contributed by atoms with E-state index >= 15 is 0 Å². The summed E-state index contributed by atoms with van der Waals surface area (Å²) in [5, 5.41) is 9.96. The van der Waals surface area contributed by atoms with Gasteiger partial charge in [0.25, 0.3) is 5.56 Å². The summed E-state index contributed by atoms with van der Waals surface area (Å²) < 4.78 is 3.00. The van der Waals surface area contributed by atoms with E-state index in [9.17, 15) is 14.7 Å². The lowest BCUT2D eigenvalue weighted by molar-refractivity contribution is 0.391. The molecule has 7 heteroatoms. The number of nitrogens with zero attached hydrogens (tertiary/aromatic N) is 3. The van der Waals surface area contributed by atoms with Crippen molar-refractivity contribution in [1.82, 2.24) is 19.1 Å². The van der Waals surface area contributed by atoms with Crippen molar-refractivity contribution in [2.45, 2.75) is 26.3 Å². The molecule has 19 heavy (non-hydrogen) atoms. The topological polar surface area (TPSA) is 92.9 Å². The molecular weight excluding hydrogens is 248 g/mol. The maximum absolute atomic E-state index is 11.7. The normalized spacial score (nSPS) is 10.8. The van der Waals surface area contributed by atoms with Crippen LogP contribution in [0.2, 0.25) is 0 Å². The molecule has 0 unspecified atom stereocenters. The third kappa shape index (κ3) is 2.44. The van der Waals surface area contributed by atoms with Gasteiger partial charge in [-0.2, -0.15) is 0 Å². The van der Waals surface area contributed by atoms with Crippen molar-refractivity contribution in [2.24, 2.45) is 7.05 Å². The average Bonchev–Trinajstić information content (AvgIpc) is 2.75. The summed E-state index contributed by atoms with van der Waals surface area (Å²) in [6.07, 6.45) is 4.33. The van der Waals surface area contributed by atoms with Gasteiger partial charge in [-0.05, 0) is 6.42 Å². The van der Waals surface area contributed by atoms with Crippen LogP contribution in [0.5, 0.6) is 5.88 Å². The SMILES string of the molecule is CCc1c(O)n(CCc2nccn2C)c(=O)[nH]c1=O. The molecular formula is C12H16N4O3. The van der Waals surface area contributed by atoms with Crippen molar-refractivity contribution in [2.75, 3.05) is 0 Å². The Morgan fingerprint density at radius 1 is 1.42 bits per heavy atom. The molecule has 0 bridgehead atoms. The number of rotatable bonds is 4. The Kier molecular flexibility index (Phi) is 3.55. The van der Waals surface area contributed by atoms with Gasteiger partial charge in [-0.1, -0.05) is 6.92 Å². The molecule has 7 nitrogen and oxygen atoms in total. The zero-order chi connectivity index (χ0) is 14.0. The van der Waals surface area contributed by atoms with Crippen LogP contribution in [0.25, 0.3) is 0 Å². The first-order valence-electron chi connectivity index (χ1n) is 6.05. The van der Waals surface area contributed by atoms with Crippen LogP contribution in [0.3, 0.4) is 0 Å². The van der Waals surface area contributed by atoms with Gasteiger partial charge in [-0.15, -0.1) is 0 Å². The van der Waals surface area contributed by atoms with E-state index in [0.717, 1.165) is 10.4 Å². The summed E-state index contributed by atoms with van der Waals surface area (Å²) >= 11 is 0. The second kappa shape index (κ2) is 5.13. The van der Waals surface area contributed by atoms with Crippen LogP contribution >= 0.6 is 0 Å². The monoisotopic (exact) mass is 264 g/mol. The van der Waals surface area contributed by atoms with Gasteiger partial charge in [0, 0.05) is 32.4 Å². The van der Waals surface area contributed by atoms with E-state index < -0.39 is 11.2 Å². The van der Waals surface area contributed by atoms with Crippen molar-refractivity contribution in [3.63, 3.8) is 0 Å². The van der Waals surface area contributed by atoms with Gasteiger partial charge in [0.1, 0.15) is 5.82 Å². The lowest BCUT2D eigenvalue weighted by Gasteiger charge is -2.10. The predicted molar refractivity (Wildman–Crippen MR) is 69.3 cm³/mol. The molecule has 0 radical (unpaired) electrons. The Hall–Kier alpha value is -2.31. The van der Waals surface area contributed by atoms with Gasteiger partial charge in [0.15, 0.2) is 0 Å². The molecule has 0 aliphatic carbocycles. The molecule has 0 fully saturated rings. The number of nitrogens with one attached hydrogen (secondary N) is 1. The minimum absolute atomic E-state index is 0.222. The zero-order valence-corrected chi connectivity index (χ0v) is 10.9. The summed E-state index contributed by atoms with van der Waals surface area (Å²) in [6.45, 7) is 2.01. The highest BCUT2D eigenvalue weighted by molar-refractivity contribution is 5.22. The molecule has 0 saturated heterocycles. The highest BCUT2D eigenvalue weighted by atomic mass is 16.3. The van der Waals surface area contributed by atoms with Crippen LogP contribution in [0.1, 0.15) is 18.3 Å². The summed E-state index contributed by atoms with van der Waals surface area (Å²) in [6, 6.07) is 0. The van der Waals surface area contributed by atoms with Crippen LogP contribution in [-0.2, 0) is 26.4 Å². The summed E-state index contributed by atoms with van der Waals surface area (Å²) in [7, 11) is 1.86. The van der Waals surface area contributed by atoms with Crippen LogP contribution in [0, 0.1) is 0 Å². The van der Waals surface area contributed by atoms with Crippen molar-refractivity contribution in [3.05, 3.63) is 44.6 Å². The number of imidazole rings is 1. The Morgan fingerprint density at radius 3 is 2.74 bits per heavy atom. The molecule has 0 spiro atoms. The van der Waals surface area contributed by atoms with Crippen LogP contribution < -0.4 is 11.2 Å². The van der Waals surface area contributed by atoms with E-state index in [4.69, 9.17) is 0 Å². The minimum atomic E-state index is -0.603. The second-order valence-electron chi connectivity index (χ2n) is 4.27. The number of aromatic amines is 1. The van der Waals surface area contributed by atoms with E-state index in [1.807, 2.05) is 17.8 Å². The van der Waals surface area contributed by atoms with Crippen molar-refractivity contribution >= 4 is 0 Å². The summed E-state index contributed by atoms with van der Waals surface area (Å²) in [5.74, 6) is 0.543. The van der Waals surface area contributed by atoms with Gasteiger partial charge in [0.2, 0.25) is 5.88 Å². The lowest BCUT2D eigenvalue weighted by Crippen LogP contribution is -2.32. The molecule has 2 aromatic rings. The van der Waals surface area contributed by atoms with Gasteiger partial charge >= 0.3 is 5.69 Å². The molecule has 0 aliphatic rings. The maximum Gasteiger partial charge on any atom is 0.331 e. The van der Waals surface area contributed by atoms with Crippen LogP contribution in [-0.4, -0.2) is 24.2 Å². The molecule has 0 atom stereocenters. The maximum atomic E-state index is 11.7. The van der Waals surface area contributed by atoms with E-state index in [1.165, 1.54) is 0 Å². The number of hydrogen-bond acceptors (Lipinski definition) is 4. The molecule has 0 amide bonds. The second-order valence-corrected chi connectivity index (χ2v) is 4.27. The first kappa shape index (κ1) is 13.1. The van der Waals surface area contributed by atoms with Gasteiger partial charge < -0.3 is 9.67 Å². The molecule has 0 aromatic carbocycles. The number of aromatic hydroxyl groups is 1. The number of hydrogen-bond donors (Lipinski definition) is 2. The predicted octanol–water partition coefficient (Wildman–Crippen LogP) is -0.219.